The van der Waals surface area contributed by atoms with Gasteiger partial charge in [0.15, 0.2) is 0 Å². The number of nitrogen functional groups attached to an aromatic ring is 1. The van der Waals surface area contributed by atoms with E-state index in [0.29, 0.717) is 23.2 Å². The summed E-state index contributed by atoms with van der Waals surface area (Å²) in [6, 6.07) is 2.87. The molecule has 0 amide bonds. The predicted molar refractivity (Wildman–Crippen MR) is 48.1 cm³/mol. The summed E-state index contributed by atoms with van der Waals surface area (Å²) in [6.45, 7) is 1.86. The van der Waals surface area contributed by atoms with Crippen LogP contribution in [0.2, 0.25) is 0 Å². The van der Waals surface area contributed by atoms with Crippen LogP contribution in [0.3, 0.4) is 0 Å². The molecular weight excluding hydrogens is 155 g/mol. The molecule has 1 rings (SSSR count). The van der Waals surface area contributed by atoms with Gasteiger partial charge in [0.05, 0.1) is 0 Å². The van der Waals surface area contributed by atoms with Gasteiger partial charge in [-0.3, -0.25) is 0 Å². The monoisotopic (exact) mass is 166 g/mol. The van der Waals surface area contributed by atoms with Crippen molar-refractivity contribution in [3.63, 3.8) is 0 Å². The Morgan fingerprint density at radius 2 is 2.25 bits per heavy atom. The van der Waals surface area contributed by atoms with Crippen LogP contribution in [0.15, 0.2) is 12.1 Å². The normalized spacial score (nSPS) is 9.83. The van der Waals surface area contributed by atoms with Crippen LogP contribution in [0.25, 0.3) is 0 Å². The summed E-state index contributed by atoms with van der Waals surface area (Å²) >= 11 is 0. The van der Waals surface area contributed by atoms with Gasteiger partial charge >= 0.3 is 0 Å². The van der Waals surface area contributed by atoms with Gasteiger partial charge in [0, 0.05) is 17.5 Å². The highest BCUT2D eigenvalue weighted by Gasteiger charge is 2.03. The number of nitrogens with two attached hydrogens (primary N) is 1. The first-order valence-corrected chi connectivity index (χ1v) is 3.77. The molecule has 12 heavy (non-hydrogen) atoms. The molecule has 0 radical (unpaired) electrons. The molecule has 0 saturated carbocycles. The standard InChI is InChI=1S/C9H11FN2/c1-2-6-4-9(12)7(5-11)3-8(6)10/h3-5,11H,2,12H2,1H3. The molecule has 0 bridgehead atoms. The van der Waals surface area contributed by atoms with Crippen molar-refractivity contribution in [2.75, 3.05) is 5.73 Å². The van der Waals surface area contributed by atoms with Crippen LogP contribution >= 0.6 is 0 Å². The molecule has 1 aromatic rings. The van der Waals surface area contributed by atoms with Gasteiger partial charge in [-0.1, -0.05) is 6.92 Å². The Hall–Kier alpha value is -1.38. The Morgan fingerprint density at radius 3 is 2.75 bits per heavy atom. The van der Waals surface area contributed by atoms with Crippen LogP contribution in [0, 0.1) is 11.2 Å². The Bertz CT molecular complexity index is 308. The molecule has 0 aliphatic carbocycles. The molecule has 0 saturated heterocycles. The molecule has 0 aliphatic rings. The lowest BCUT2D eigenvalue weighted by molar-refractivity contribution is 0.612. The molecule has 0 heterocycles. The van der Waals surface area contributed by atoms with Gasteiger partial charge in [-0.15, -0.1) is 0 Å². The fourth-order valence-electron chi connectivity index (χ4n) is 1.05. The van der Waals surface area contributed by atoms with Crippen molar-refractivity contribution < 1.29 is 4.39 Å². The number of nitrogens with one attached hydrogen (secondary N) is 1. The van der Waals surface area contributed by atoms with E-state index in [9.17, 15) is 4.39 Å². The van der Waals surface area contributed by atoms with Crippen LogP contribution in [-0.4, -0.2) is 6.21 Å². The summed E-state index contributed by atoms with van der Waals surface area (Å²) in [5.74, 6) is -0.287. The number of hydrogen-bond donors (Lipinski definition) is 2. The van der Waals surface area contributed by atoms with E-state index in [4.69, 9.17) is 11.1 Å². The summed E-state index contributed by atoms with van der Waals surface area (Å²) in [4.78, 5) is 0. The molecule has 0 atom stereocenters. The van der Waals surface area contributed by atoms with Crippen LogP contribution < -0.4 is 5.73 Å². The number of anilines is 1. The molecule has 64 valence electrons. The second-order valence-corrected chi connectivity index (χ2v) is 2.57. The van der Waals surface area contributed by atoms with Gasteiger partial charge < -0.3 is 11.1 Å². The SMILES string of the molecule is CCc1cc(N)c(C=N)cc1F. The van der Waals surface area contributed by atoms with E-state index in [-0.39, 0.29) is 5.82 Å². The zero-order valence-corrected chi connectivity index (χ0v) is 6.89. The highest BCUT2D eigenvalue weighted by Crippen LogP contribution is 2.16. The molecule has 0 fully saturated rings. The third-order valence-corrected chi connectivity index (χ3v) is 1.79. The van der Waals surface area contributed by atoms with E-state index in [2.05, 4.69) is 0 Å². The van der Waals surface area contributed by atoms with E-state index in [1.807, 2.05) is 6.92 Å². The van der Waals surface area contributed by atoms with Gasteiger partial charge in [-0.2, -0.15) is 0 Å². The molecular formula is C9H11FN2. The van der Waals surface area contributed by atoms with Gasteiger partial charge in [0.25, 0.3) is 0 Å². The minimum Gasteiger partial charge on any atom is -0.398 e. The topological polar surface area (TPSA) is 49.9 Å². The highest BCUT2D eigenvalue weighted by molar-refractivity contribution is 5.85. The first kappa shape index (κ1) is 8.71. The van der Waals surface area contributed by atoms with Crippen molar-refractivity contribution in [2.45, 2.75) is 13.3 Å². The minimum atomic E-state index is -0.287. The van der Waals surface area contributed by atoms with Gasteiger partial charge in [-0.05, 0) is 24.1 Å². The third kappa shape index (κ3) is 1.44. The third-order valence-electron chi connectivity index (χ3n) is 1.79. The highest BCUT2D eigenvalue weighted by atomic mass is 19.1. The average molecular weight is 166 g/mol. The summed E-state index contributed by atoms with van der Waals surface area (Å²) in [5.41, 5.74) is 7.05. The van der Waals surface area contributed by atoms with Crippen molar-refractivity contribution in [2.24, 2.45) is 0 Å². The number of rotatable bonds is 2. The van der Waals surface area contributed by atoms with Crippen LogP contribution in [0.1, 0.15) is 18.1 Å². The Balaban J connectivity index is 3.25. The number of aryl methyl sites for hydroxylation is 1. The fourth-order valence-corrected chi connectivity index (χ4v) is 1.05. The predicted octanol–water partition coefficient (Wildman–Crippen LogP) is 1.97. The molecule has 0 aliphatic heterocycles. The van der Waals surface area contributed by atoms with E-state index in [0.717, 1.165) is 6.21 Å². The second kappa shape index (κ2) is 3.34. The summed E-state index contributed by atoms with van der Waals surface area (Å²) in [5, 5.41) is 6.94. The quantitative estimate of drug-likeness (QED) is 0.512. The van der Waals surface area contributed by atoms with Gasteiger partial charge in [0.1, 0.15) is 5.82 Å². The number of hydrogen-bond acceptors (Lipinski definition) is 2. The van der Waals surface area contributed by atoms with Gasteiger partial charge in [0.2, 0.25) is 0 Å². The lowest BCUT2D eigenvalue weighted by atomic mass is 10.1. The van der Waals surface area contributed by atoms with E-state index in [1.54, 1.807) is 6.07 Å². The average Bonchev–Trinajstić information content (AvgIpc) is 2.08. The van der Waals surface area contributed by atoms with E-state index in [1.165, 1.54) is 6.07 Å². The van der Waals surface area contributed by atoms with Crippen LogP contribution in [0.4, 0.5) is 10.1 Å². The zero-order valence-electron chi connectivity index (χ0n) is 6.89. The van der Waals surface area contributed by atoms with Crippen molar-refractivity contribution >= 4 is 11.9 Å². The summed E-state index contributed by atoms with van der Waals surface area (Å²) in [7, 11) is 0. The second-order valence-electron chi connectivity index (χ2n) is 2.57. The minimum absolute atomic E-state index is 0.287. The first-order chi connectivity index (χ1) is 5.69. The molecule has 3 N–H and O–H groups in total. The summed E-state index contributed by atoms with van der Waals surface area (Å²) in [6.07, 6.45) is 1.67. The smallest absolute Gasteiger partial charge is 0.127 e. The van der Waals surface area contributed by atoms with Crippen molar-refractivity contribution in [3.05, 3.63) is 29.1 Å². The molecule has 0 aromatic heterocycles. The molecule has 1 aromatic carbocycles. The maximum absolute atomic E-state index is 13.1. The maximum atomic E-state index is 13.1. The van der Waals surface area contributed by atoms with Crippen molar-refractivity contribution in [1.29, 1.82) is 5.41 Å². The van der Waals surface area contributed by atoms with Gasteiger partial charge in [-0.25, -0.2) is 4.39 Å². The molecule has 2 nitrogen and oxygen atoms in total. The lowest BCUT2D eigenvalue weighted by Crippen LogP contribution is -1.97. The Kier molecular flexibility index (Phi) is 2.43. The van der Waals surface area contributed by atoms with E-state index < -0.39 is 0 Å². The Labute approximate surface area is 70.7 Å². The Morgan fingerprint density at radius 1 is 1.58 bits per heavy atom. The number of benzene rings is 1. The maximum Gasteiger partial charge on any atom is 0.127 e. The zero-order chi connectivity index (χ0) is 9.14. The first-order valence-electron chi connectivity index (χ1n) is 3.77. The van der Waals surface area contributed by atoms with E-state index >= 15 is 0 Å². The molecule has 0 spiro atoms. The molecule has 0 unspecified atom stereocenters. The van der Waals surface area contributed by atoms with Crippen LogP contribution in [-0.2, 0) is 6.42 Å². The van der Waals surface area contributed by atoms with Crippen LogP contribution in [0.5, 0.6) is 0 Å². The van der Waals surface area contributed by atoms with Crippen molar-refractivity contribution in [1.82, 2.24) is 0 Å². The van der Waals surface area contributed by atoms with Crippen molar-refractivity contribution in [3.8, 4) is 0 Å². The fraction of sp³-hybridized carbons (Fsp3) is 0.222. The summed E-state index contributed by atoms with van der Waals surface area (Å²) < 4.78 is 13.1. The molecule has 3 heteroatoms. The number of halogens is 1. The largest absolute Gasteiger partial charge is 0.398 e. The lowest BCUT2D eigenvalue weighted by Gasteiger charge is -2.04.